The number of hydrogen-bond donors (Lipinski definition) is 5. The van der Waals surface area contributed by atoms with Crippen LogP contribution in [0.1, 0.15) is 19.5 Å². The molecule has 0 aliphatic carbocycles. The summed E-state index contributed by atoms with van der Waals surface area (Å²) < 4.78 is 56.7. The molecule has 2 aromatic heterocycles. The van der Waals surface area contributed by atoms with Crippen LogP contribution >= 0.6 is 15.6 Å². The third-order valence-corrected chi connectivity index (χ3v) is 7.78. The number of aliphatic hydroxyl groups is 2. The summed E-state index contributed by atoms with van der Waals surface area (Å²) in [6.07, 6.45) is 0.950. The summed E-state index contributed by atoms with van der Waals surface area (Å²) in [5.74, 6) is -2.52. The van der Waals surface area contributed by atoms with Crippen molar-refractivity contribution >= 4 is 26.6 Å². The predicted octanol–water partition coefficient (Wildman–Crippen LogP) is 1.35. The Morgan fingerprint density at radius 1 is 1.11 bits per heavy atom. The van der Waals surface area contributed by atoms with Crippen molar-refractivity contribution in [2.24, 2.45) is 0 Å². The summed E-state index contributed by atoms with van der Waals surface area (Å²) in [6.45, 7) is 0.621. The number of ether oxygens (including phenoxy) is 1. The molecule has 1 aliphatic rings. The molecule has 38 heavy (non-hydrogen) atoms. The van der Waals surface area contributed by atoms with Crippen molar-refractivity contribution in [2.75, 3.05) is 6.61 Å². The van der Waals surface area contributed by atoms with Gasteiger partial charge in [-0.2, -0.15) is 4.31 Å². The second kappa shape index (κ2) is 9.25. The molecule has 19 heteroatoms. The number of nitrogens with zero attached hydrogens (tertiary/aromatic N) is 3. The Kier molecular flexibility index (Phi) is 6.79. The zero-order valence-electron chi connectivity index (χ0n) is 19.4. The summed E-state index contributed by atoms with van der Waals surface area (Å²) >= 11 is 0. The highest BCUT2D eigenvalue weighted by Crippen LogP contribution is 2.58. The van der Waals surface area contributed by atoms with E-state index in [-0.39, 0.29) is 16.7 Å². The van der Waals surface area contributed by atoms with E-state index >= 15 is 0 Å². The van der Waals surface area contributed by atoms with E-state index in [0.717, 1.165) is 42.8 Å². The fraction of sp³-hybridized carbons (Fsp3) is 0.316. The molecule has 0 fully saturated rings. The van der Waals surface area contributed by atoms with Gasteiger partial charge in [0.1, 0.15) is 11.5 Å². The number of phosphoric acid groups is 2. The van der Waals surface area contributed by atoms with Crippen molar-refractivity contribution in [1.82, 2.24) is 14.3 Å². The van der Waals surface area contributed by atoms with E-state index in [4.69, 9.17) is 19.0 Å². The minimum atomic E-state index is -5.44. The van der Waals surface area contributed by atoms with E-state index in [1.54, 1.807) is 0 Å². The maximum atomic E-state index is 13.7. The van der Waals surface area contributed by atoms with Crippen LogP contribution in [0.15, 0.2) is 56.1 Å². The summed E-state index contributed by atoms with van der Waals surface area (Å²) in [5, 5.41) is 25.2. The average molecular weight is 579 g/mol. The van der Waals surface area contributed by atoms with Crippen LogP contribution in [0.3, 0.4) is 0 Å². The Morgan fingerprint density at radius 3 is 2.45 bits per heavy atom. The number of halogens is 1. The largest absolute Gasteiger partial charge is 0.506 e. The van der Waals surface area contributed by atoms with E-state index in [1.807, 2.05) is 0 Å². The number of fused-ring (bicyclic) bond motifs is 1. The molecule has 16 nitrogen and oxygen atoms in total. The fourth-order valence-corrected chi connectivity index (χ4v) is 5.51. The van der Waals surface area contributed by atoms with E-state index < -0.39 is 68.7 Å². The molecule has 4 rings (SSSR count). The number of benzene rings is 1. The first-order valence-electron chi connectivity index (χ1n) is 10.4. The predicted molar refractivity (Wildman–Crippen MR) is 122 cm³/mol. The maximum absolute atomic E-state index is 13.7. The molecule has 1 aromatic carbocycles. The maximum Gasteiger partial charge on any atom is 0.481 e. The summed E-state index contributed by atoms with van der Waals surface area (Å²) in [7, 11) is -10.8. The van der Waals surface area contributed by atoms with Gasteiger partial charge in [0.15, 0.2) is 22.7 Å². The monoisotopic (exact) mass is 579 g/mol. The lowest BCUT2D eigenvalue weighted by atomic mass is 10.1. The van der Waals surface area contributed by atoms with Gasteiger partial charge in [0.2, 0.25) is 5.72 Å². The highest BCUT2D eigenvalue weighted by Gasteiger charge is 2.55. The third-order valence-electron chi connectivity index (χ3n) is 5.64. The van der Waals surface area contributed by atoms with Crippen molar-refractivity contribution in [2.45, 2.75) is 31.7 Å². The normalized spacial score (nSPS) is 23.7. The molecule has 0 bridgehead atoms. The van der Waals surface area contributed by atoms with Crippen LogP contribution in [0.2, 0.25) is 0 Å². The van der Waals surface area contributed by atoms with Crippen molar-refractivity contribution < 1.29 is 56.5 Å². The zero-order valence-corrected chi connectivity index (χ0v) is 21.2. The average Bonchev–Trinajstić information content (AvgIpc) is 3.26. The third kappa shape index (κ3) is 5.10. The Balaban J connectivity index is 1.68. The minimum Gasteiger partial charge on any atom is -0.506 e. The Labute approximate surface area is 210 Å². The van der Waals surface area contributed by atoms with Gasteiger partial charge in [-0.15, -0.1) is 0 Å². The highest BCUT2D eigenvalue weighted by atomic mass is 31.3. The molecule has 0 saturated heterocycles. The van der Waals surface area contributed by atoms with Gasteiger partial charge in [-0.05, 0) is 32.0 Å². The van der Waals surface area contributed by atoms with Gasteiger partial charge in [0, 0.05) is 17.6 Å². The van der Waals surface area contributed by atoms with E-state index in [9.17, 15) is 38.2 Å². The van der Waals surface area contributed by atoms with Crippen molar-refractivity contribution in [3.63, 3.8) is 0 Å². The lowest BCUT2D eigenvalue weighted by Crippen LogP contribution is -2.49. The molecule has 206 valence electrons. The van der Waals surface area contributed by atoms with Crippen LogP contribution in [0.25, 0.3) is 11.0 Å². The fourth-order valence-electron chi connectivity index (χ4n) is 3.84. The zero-order chi connectivity index (χ0) is 28.3. The molecular formula is C19H20FN3O13P2. The Morgan fingerprint density at radius 2 is 1.79 bits per heavy atom. The van der Waals surface area contributed by atoms with Gasteiger partial charge in [-0.3, -0.25) is 18.5 Å². The molecule has 1 aliphatic heterocycles. The highest BCUT2D eigenvalue weighted by molar-refractivity contribution is 7.60. The molecule has 3 atom stereocenters. The topological polar surface area (TPSA) is 233 Å². The van der Waals surface area contributed by atoms with Crippen LogP contribution in [-0.4, -0.2) is 51.4 Å². The number of aromatic nitrogens is 3. The summed E-state index contributed by atoms with van der Waals surface area (Å²) in [6, 6.07) is 4.48. The SMILES string of the molecule is CC1(COP(=O)(O)OP(=O)(O)O)OC(C)(n2ccc(=O)n(Cc3noc4ccc(F)cc34)c2=O)C(O)=C1O. The van der Waals surface area contributed by atoms with E-state index in [0.29, 0.717) is 4.57 Å². The summed E-state index contributed by atoms with van der Waals surface area (Å²) in [5.41, 5.74) is -6.00. The van der Waals surface area contributed by atoms with Crippen molar-refractivity contribution in [1.29, 1.82) is 0 Å². The Bertz CT molecular complexity index is 1670. The first-order chi connectivity index (χ1) is 17.5. The van der Waals surface area contributed by atoms with E-state index in [2.05, 4.69) is 14.0 Å². The lowest BCUT2D eigenvalue weighted by Gasteiger charge is -2.32. The number of aliphatic hydroxyl groups excluding tert-OH is 2. The van der Waals surface area contributed by atoms with Crippen molar-refractivity contribution in [3.05, 3.63) is 74.3 Å². The second-order valence-corrected chi connectivity index (χ2v) is 11.3. The van der Waals surface area contributed by atoms with Crippen LogP contribution < -0.4 is 11.2 Å². The van der Waals surface area contributed by atoms with Gasteiger partial charge in [-0.25, -0.2) is 18.3 Å². The number of hydrogen-bond acceptors (Lipinski definition) is 11. The van der Waals surface area contributed by atoms with Crippen LogP contribution in [0, 0.1) is 5.82 Å². The van der Waals surface area contributed by atoms with Crippen LogP contribution in [-0.2, 0) is 35.0 Å². The van der Waals surface area contributed by atoms with Gasteiger partial charge >= 0.3 is 21.3 Å². The molecular weight excluding hydrogens is 559 g/mol. The molecule has 0 spiro atoms. The molecule has 0 amide bonds. The molecule has 3 heterocycles. The quantitative estimate of drug-likeness (QED) is 0.237. The lowest BCUT2D eigenvalue weighted by molar-refractivity contribution is -0.156. The van der Waals surface area contributed by atoms with E-state index in [1.165, 1.54) is 6.07 Å². The second-order valence-electron chi connectivity index (χ2n) is 8.49. The minimum absolute atomic E-state index is 0.0403. The Hall–Kier alpha value is -3.14. The summed E-state index contributed by atoms with van der Waals surface area (Å²) in [4.78, 5) is 52.8. The van der Waals surface area contributed by atoms with Gasteiger partial charge in [0.05, 0.1) is 13.2 Å². The van der Waals surface area contributed by atoms with Gasteiger partial charge in [0.25, 0.3) is 5.56 Å². The van der Waals surface area contributed by atoms with Gasteiger partial charge < -0.3 is 34.2 Å². The number of phosphoric ester groups is 1. The van der Waals surface area contributed by atoms with Crippen molar-refractivity contribution in [3.8, 4) is 0 Å². The molecule has 3 aromatic rings. The molecule has 5 N–H and O–H groups in total. The van der Waals surface area contributed by atoms with Gasteiger partial charge in [-0.1, -0.05) is 5.16 Å². The standard InChI is InChI=1S/C19H20FN3O13P2/c1-18(9-33-38(31,32)36-37(28,29)30)15(25)16(26)19(2,35-18)23-6-5-14(24)22(17(23)27)8-12-11-7-10(20)3-4-13(11)34-21-12/h3-7,25-26H,8-9H2,1-2H3,(H,31,32)(H2,28,29,30). The molecule has 0 radical (unpaired) electrons. The molecule has 3 unspecified atom stereocenters. The molecule has 0 saturated carbocycles. The van der Waals surface area contributed by atoms with Crippen LogP contribution in [0.4, 0.5) is 4.39 Å². The van der Waals surface area contributed by atoms with Crippen LogP contribution in [0.5, 0.6) is 0 Å². The first-order valence-corrected chi connectivity index (χ1v) is 13.4. The number of rotatable bonds is 8. The first kappa shape index (κ1) is 27.9. The smallest absolute Gasteiger partial charge is 0.481 e.